The summed E-state index contributed by atoms with van der Waals surface area (Å²) in [6.07, 6.45) is 7.67. The fourth-order valence-corrected chi connectivity index (χ4v) is 5.43. The lowest BCUT2D eigenvalue weighted by molar-refractivity contribution is -0.138. The first kappa shape index (κ1) is 19.4. The SMILES string of the molecule is O.O=C(O[C@@H]1CC[C@]23CCCN2C(=O)CCC[C@@H]3C1)c1ccc(Br)cc1. The lowest BCUT2D eigenvalue weighted by atomic mass is 9.69. The van der Waals surface area contributed by atoms with E-state index in [1.165, 1.54) is 0 Å². The number of nitrogens with zero attached hydrogens (tertiary/aromatic N) is 1. The first-order valence-electron chi connectivity index (χ1n) is 9.35. The lowest BCUT2D eigenvalue weighted by Crippen LogP contribution is -2.54. The third-order valence-electron chi connectivity index (χ3n) is 6.33. The lowest BCUT2D eigenvalue weighted by Gasteiger charge is -2.48. The molecule has 1 aliphatic carbocycles. The van der Waals surface area contributed by atoms with Crippen LogP contribution in [0.15, 0.2) is 28.7 Å². The van der Waals surface area contributed by atoms with E-state index in [0.29, 0.717) is 23.8 Å². The molecule has 0 unspecified atom stereocenters. The molecule has 2 heterocycles. The molecule has 1 aromatic carbocycles. The van der Waals surface area contributed by atoms with Crippen molar-refractivity contribution in [2.45, 2.75) is 63.0 Å². The molecule has 2 saturated heterocycles. The molecular formula is C20H26BrNO4. The number of carbonyl (C=O) groups is 2. The Morgan fingerprint density at radius 1 is 1.15 bits per heavy atom. The van der Waals surface area contributed by atoms with E-state index in [4.69, 9.17) is 4.74 Å². The molecule has 142 valence electrons. The molecular weight excluding hydrogens is 398 g/mol. The van der Waals surface area contributed by atoms with Crippen LogP contribution in [0.25, 0.3) is 0 Å². The molecule has 0 bridgehead atoms. The number of ether oxygens (including phenoxy) is 1. The van der Waals surface area contributed by atoms with Gasteiger partial charge in [-0.15, -0.1) is 0 Å². The van der Waals surface area contributed by atoms with Gasteiger partial charge in [-0.1, -0.05) is 15.9 Å². The maximum Gasteiger partial charge on any atom is 0.338 e. The Labute approximate surface area is 162 Å². The zero-order valence-corrected chi connectivity index (χ0v) is 16.5. The predicted octanol–water partition coefficient (Wildman–Crippen LogP) is 3.50. The van der Waals surface area contributed by atoms with E-state index >= 15 is 0 Å². The number of halogens is 1. The predicted molar refractivity (Wildman–Crippen MR) is 102 cm³/mol. The highest BCUT2D eigenvalue weighted by Gasteiger charge is 2.52. The van der Waals surface area contributed by atoms with Crippen molar-refractivity contribution in [3.05, 3.63) is 34.3 Å². The molecule has 0 radical (unpaired) electrons. The molecule has 26 heavy (non-hydrogen) atoms. The number of amides is 1. The summed E-state index contributed by atoms with van der Waals surface area (Å²) >= 11 is 3.38. The van der Waals surface area contributed by atoms with Gasteiger partial charge in [-0.05, 0) is 75.1 Å². The molecule has 3 aliphatic rings. The van der Waals surface area contributed by atoms with Gasteiger partial charge in [-0.25, -0.2) is 4.79 Å². The Hall–Kier alpha value is -1.40. The molecule has 2 N–H and O–H groups in total. The van der Waals surface area contributed by atoms with Crippen LogP contribution in [0.2, 0.25) is 0 Å². The van der Waals surface area contributed by atoms with E-state index < -0.39 is 0 Å². The minimum absolute atomic E-state index is 0. The van der Waals surface area contributed by atoms with Gasteiger partial charge in [-0.2, -0.15) is 0 Å². The second-order valence-electron chi connectivity index (χ2n) is 7.65. The molecule has 2 aliphatic heterocycles. The molecule has 3 fully saturated rings. The largest absolute Gasteiger partial charge is 0.459 e. The zero-order valence-electron chi connectivity index (χ0n) is 14.9. The van der Waals surface area contributed by atoms with E-state index in [1.54, 1.807) is 12.1 Å². The van der Waals surface area contributed by atoms with E-state index in [1.807, 2.05) is 12.1 Å². The van der Waals surface area contributed by atoms with E-state index in [2.05, 4.69) is 20.8 Å². The van der Waals surface area contributed by atoms with Crippen molar-refractivity contribution in [3.63, 3.8) is 0 Å². The maximum absolute atomic E-state index is 12.5. The average molecular weight is 424 g/mol. The first-order valence-corrected chi connectivity index (χ1v) is 10.1. The third-order valence-corrected chi connectivity index (χ3v) is 6.86. The van der Waals surface area contributed by atoms with Gasteiger partial charge in [0.15, 0.2) is 0 Å². The Morgan fingerprint density at radius 3 is 2.69 bits per heavy atom. The van der Waals surface area contributed by atoms with E-state index in [-0.39, 0.29) is 23.1 Å². The topological polar surface area (TPSA) is 78.1 Å². The summed E-state index contributed by atoms with van der Waals surface area (Å²) in [6, 6.07) is 7.30. The van der Waals surface area contributed by atoms with Crippen LogP contribution >= 0.6 is 15.9 Å². The number of carbonyl (C=O) groups excluding carboxylic acids is 2. The summed E-state index contributed by atoms with van der Waals surface area (Å²) in [4.78, 5) is 27.1. The smallest absolute Gasteiger partial charge is 0.338 e. The Kier molecular flexibility index (Phi) is 5.72. The summed E-state index contributed by atoms with van der Waals surface area (Å²) in [6.45, 7) is 0.915. The Bertz CT molecular complexity index is 677. The summed E-state index contributed by atoms with van der Waals surface area (Å²) in [5.41, 5.74) is 0.649. The molecule has 4 rings (SSSR count). The van der Waals surface area contributed by atoms with E-state index in [0.717, 1.165) is 56.0 Å². The number of hydrogen-bond acceptors (Lipinski definition) is 3. The van der Waals surface area contributed by atoms with Gasteiger partial charge in [0.1, 0.15) is 6.10 Å². The van der Waals surface area contributed by atoms with Crippen molar-refractivity contribution in [3.8, 4) is 0 Å². The minimum atomic E-state index is -0.235. The molecule has 1 spiro atoms. The monoisotopic (exact) mass is 423 g/mol. The molecule has 0 aromatic heterocycles. The molecule has 1 amide bonds. The zero-order chi connectivity index (χ0) is 17.4. The van der Waals surface area contributed by atoms with Crippen molar-refractivity contribution in [2.24, 2.45) is 5.92 Å². The van der Waals surface area contributed by atoms with Gasteiger partial charge in [0.2, 0.25) is 5.91 Å². The molecule has 5 nitrogen and oxygen atoms in total. The highest BCUT2D eigenvalue weighted by Crippen LogP contribution is 2.49. The second kappa shape index (κ2) is 7.69. The minimum Gasteiger partial charge on any atom is -0.459 e. The highest BCUT2D eigenvalue weighted by molar-refractivity contribution is 9.10. The van der Waals surface area contributed by atoms with Gasteiger partial charge >= 0.3 is 5.97 Å². The van der Waals surface area contributed by atoms with Crippen LogP contribution in [0.4, 0.5) is 0 Å². The number of esters is 1. The van der Waals surface area contributed by atoms with Crippen LogP contribution in [0, 0.1) is 5.92 Å². The van der Waals surface area contributed by atoms with Crippen LogP contribution in [0.1, 0.15) is 61.7 Å². The van der Waals surface area contributed by atoms with Gasteiger partial charge in [-0.3, -0.25) is 4.79 Å². The summed E-state index contributed by atoms with van der Waals surface area (Å²) in [7, 11) is 0. The first-order chi connectivity index (χ1) is 12.1. The fraction of sp³-hybridized carbons (Fsp3) is 0.600. The van der Waals surface area contributed by atoms with Crippen LogP contribution in [-0.4, -0.2) is 40.4 Å². The number of benzene rings is 1. The van der Waals surface area contributed by atoms with Gasteiger partial charge in [0.05, 0.1) is 5.56 Å². The normalized spacial score (nSPS) is 30.7. The summed E-state index contributed by atoms with van der Waals surface area (Å²) in [5.74, 6) is 0.574. The number of rotatable bonds is 2. The second-order valence-corrected chi connectivity index (χ2v) is 8.57. The van der Waals surface area contributed by atoms with Crippen molar-refractivity contribution < 1.29 is 19.8 Å². The summed E-state index contributed by atoms with van der Waals surface area (Å²) < 4.78 is 6.77. The maximum atomic E-state index is 12.5. The van der Waals surface area contributed by atoms with E-state index in [9.17, 15) is 9.59 Å². The van der Waals surface area contributed by atoms with Crippen molar-refractivity contribution in [2.75, 3.05) is 6.54 Å². The number of hydrogen-bond donors (Lipinski definition) is 0. The quantitative estimate of drug-likeness (QED) is 0.682. The van der Waals surface area contributed by atoms with Crippen LogP contribution < -0.4 is 0 Å². The molecule has 6 heteroatoms. The average Bonchev–Trinajstić information content (AvgIpc) is 2.97. The van der Waals surface area contributed by atoms with Crippen LogP contribution in [-0.2, 0) is 9.53 Å². The molecule has 1 aromatic rings. The van der Waals surface area contributed by atoms with Crippen LogP contribution in [0.3, 0.4) is 0 Å². The third kappa shape index (κ3) is 3.41. The van der Waals surface area contributed by atoms with Gasteiger partial charge in [0.25, 0.3) is 0 Å². The Morgan fingerprint density at radius 2 is 1.92 bits per heavy atom. The standard InChI is InChI=1S/C20H24BrNO3.H2O/c21-16-7-5-14(6-8-16)19(24)25-17-9-11-20-10-2-12-22(20)18(23)4-1-3-15(20)13-17;/h5-8,15,17H,1-4,9-13H2;1H2/t15-,17-,20+;/m1./s1. The highest BCUT2D eigenvalue weighted by atomic mass is 79.9. The van der Waals surface area contributed by atoms with Crippen molar-refractivity contribution >= 4 is 27.8 Å². The van der Waals surface area contributed by atoms with Gasteiger partial charge < -0.3 is 15.1 Å². The van der Waals surface area contributed by atoms with Gasteiger partial charge in [0, 0.05) is 23.0 Å². The molecule has 3 atom stereocenters. The summed E-state index contributed by atoms with van der Waals surface area (Å²) in [5, 5.41) is 0. The van der Waals surface area contributed by atoms with Crippen LogP contribution in [0.5, 0.6) is 0 Å². The Balaban J connectivity index is 0.00000196. The van der Waals surface area contributed by atoms with Crippen molar-refractivity contribution in [1.82, 2.24) is 4.90 Å². The van der Waals surface area contributed by atoms with Crippen molar-refractivity contribution in [1.29, 1.82) is 0 Å². The fourth-order valence-electron chi connectivity index (χ4n) is 5.16. The molecule has 1 saturated carbocycles.